The molecule has 1 unspecified atom stereocenters. The van der Waals surface area contributed by atoms with Crippen molar-refractivity contribution in [2.75, 3.05) is 18.9 Å². The van der Waals surface area contributed by atoms with Crippen molar-refractivity contribution in [3.8, 4) is 0 Å². The van der Waals surface area contributed by atoms with Gasteiger partial charge in [0.2, 0.25) is 0 Å². The fourth-order valence-corrected chi connectivity index (χ4v) is 4.45. The molecule has 0 bridgehead atoms. The fraction of sp³-hybridized carbons (Fsp3) is 0.917. The summed E-state index contributed by atoms with van der Waals surface area (Å²) in [6.07, 6.45) is 7.09. The molecule has 1 saturated carbocycles. The van der Waals surface area contributed by atoms with Crippen molar-refractivity contribution in [2.45, 2.75) is 51.5 Å². The molecule has 0 radical (unpaired) electrons. The lowest BCUT2D eigenvalue weighted by Crippen LogP contribution is -2.43. The van der Waals surface area contributed by atoms with Crippen LogP contribution in [0.25, 0.3) is 0 Å². The van der Waals surface area contributed by atoms with Gasteiger partial charge in [-0.1, -0.05) is 19.3 Å². The van der Waals surface area contributed by atoms with Crippen LogP contribution in [0.15, 0.2) is 0 Å². The summed E-state index contributed by atoms with van der Waals surface area (Å²) in [6, 6.07) is 0.521. The van der Waals surface area contributed by atoms with Gasteiger partial charge in [-0.25, -0.2) is 2.51 Å². The fourth-order valence-electron chi connectivity index (χ4n) is 2.23. The quantitative estimate of drug-likeness (QED) is 0.307. The number of thiocarbonyl (C=S) groups is 1. The maximum absolute atomic E-state index is 10.0. The summed E-state index contributed by atoms with van der Waals surface area (Å²) in [4.78, 5) is 0. The van der Waals surface area contributed by atoms with Crippen LogP contribution in [-0.2, 0) is 6.70 Å². The average Bonchev–Trinajstić information content (AvgIpc) is 2.45. The molecule has 0 amide bonds. The first-order valence-corrected chi connectivity index (χ1v) is 10.0. The Morgan fingerprint density at radius 1 is 1.40 bits per heavy atom. The third-order valence-corrected chi connectivity index (χ3v) is 6.76. The lowest BCUT2D eigenvalue weighted by molar-refractivity contribution is 0.298. The molecular formula is C12H25IN2O3S2. The van der Waals surface area contributed by atoms with Crippen molar-refractivity contribution in [2.24, 2.45) is 0 Å². The Kier molecular flexibility index (Phi) is 9.71. The number of halogens is 1. The van der Waals surface area contributed by atoms with Crippen LogP contribution in [0.4, 0.5) is 0 Å². The topological polar surface area (TPSA) is 62.8 Å². The molecule has 1 aliphatic carbocycles. The third kappa shape index (κ3) is 7.60. The van der Waals surface area contributed by atoms with Crippen molar-refractivity contribution in [3.63, 3.8) is 0 Å². The van der Waals surface area contributed by atoms with Gasteiger partial charge in [-0.3, -0.25) is 4.18 Å². The normalized spacial score (nSPS) is 20.9. The van der Waals surface area contributed by atoms with Gasteiger partial charge in [0, 0.05) is 18.3 Å². The van der Waals surface area contributed by atoms with Crippen molar-refractivity contribution in [1.29, 1.82) is 0 Å². The van der Waals surface area contributed by atoms with Crippen molar-refractivity contribution in [1.82, 2.24) is 10.6 Å². The molecule has 1 aliphatic rings. The standard InChI is InChI=1S/C12H25IN2O3S2/c1-2-17-20(16,18-13)10-6-9-14-12(19)15-11-7-4-3-5-8-11/h11,16H,2-10H2,1H3,(H2,14,15,19). The minimum absolute atomic E-state index is 0.448. The first kappa shape index (κ1) is 18.7. The molecule has 120 valence electrons. The van der Waals surface area contributed by atoms with Crippen LogP contribution >= 0.6 is 46.1 Å². The molecule has 0 aromatic heterocycles. The van der Waals surface area contributed by atoms with E-state index in [2.05, 4.69) is 10.6 Å². The predicted octanol–water partition coefficient (Wildman–Crippen LogP) is 3.68. The number of nitrogens with one attached hydrogen (secondary N) is 2. The zero-order valence-corrected chi connectivity index (χ0v) is 15.7. The highest BCUT2D eigenvalue weighted by Gasteiger charge is 2.21. The van der Waals surface area contributed by atoms with Gasteiger partial charge in [0.05, 0.1) is 17.5 Å². The molecular weight excluding hydrogens is 411 g/mol. The molecule has 0 aromatic rings. The summed E-state index contributed by atoms with van der Waals surface area (Å²) < 4.78 is 20.3. The van der Waals surface area contributed by atoms with Crippen LogP contribution in [-0.4, -0.2) is 34.6 Å². The second-order valence-electron chi connectivity index (χ2n) is 4.84. The Bertz CT molecular complexity index is 294. The molecule has 0 spiro atoms. The van der Waals surface area contributed by atoms with Crippen LogP contribution in [0, 0.1) is 0 Å². The molecule has 0 saturated heterocycles. The Labute approximate surface area is 143 Å². The molecule has 1 rings (SSSR count). The maximum atomic E-state index is 10.0. The molecule has 3 N–H and O–H groups in total. The summed E-state index contributed by atoms with van der Waals surface area (Å²) in [5, 5.41) is 7.24. The van der Waals surface area contributed by atoms with Gasteiger partial charge in [-0.15, -0.1) is 0 Å². The van der Waals surface area contributed by atoms with Gasteiger partial charge in [-0.2, -0.15) is 0 Å². The van der Waals surface area contributed by atoms with Gasteiger partial charge >= 0.3 is 0 Å². The molecule has 1 fully saturated rings. The molecule has 8 heteroatoms. The van der Waals surface area contributed by atoms with Crippen LogP contribution in [0.1, 0.15) is 45.4 Å². The molecule has 0 aromatic carbocycles. The molecule has 0 heterocycles. The zero-order chi connectivity index (χ0) is 14.8. The van der Waals surface area contributed by atoms with Gasteiger partial charge in [-0.05, 0) is 38.4 Å². The molecule has 0 aliphatic heterocycles. The molecule has 20 heavy (non-hydrogen) atoms. The van der Waals surface area contributed by atoms with E-state index in [-0.39, 0.29) is 0 Å². The van der Waals surface area contributed by atoms with E-state index in [1.165, 1.54) is 32.1 Å². The first-order valence-electron chi connectivity index (χ1n) is 7.12. The van der Waals surface area contributed by atoms with Crippen LogP contribution < -0.4 is 10.6 Å². The highest BCUT2D eigenvalue weighted by molar-refractivity contribution is 14.1. The summed E-state index contributed by atoms with van der Waals surface area (Å²) in [5.74, 6) is 0.489. The summed E-state index contributed by atoms with van der Waals surface area (Å²) in [5.41, 5.74) is 0. The van der Waals surface area contributed by atoms with Crippen molar-refractivity contribution < 1.29 is 11.2 Å². The van der Waals surface area contributed by atoms with Crippen LogP contribution in [0.5, 0.6) is 0 Å². The van der Waals surface area contributed by atoms with Crippen molar-refractivity contribution >= 4 is 51.2 Å². The highest BCUT2D eigenvalue weighted by Crippen LogP contribution is 2.48. The minimum Gasteiger partial charge on any atom is -0.363 e. The first-order chi connectivity index (χ1) is 9.59. The maximum Gasteiger partial charge on any atom is 0.166 e. The number of rotatable bonds is 8. The summed E-state index contributed by atoms with van der Waals surface area (Å²) in [6.45, 7) is 3.00. The van der Waals surface area contributed by atoms with Crippen LogP contribution in [0.3, 0.4) is 0 Å². The van der Waals surface area contributed by atoms with Crippen molar-refractivity contribution in [3.05, 3.63) is 0 Å². The SMILES string of the molecule is CCOS(O)(CCCNC(=S)NC1CCCCC1)OI. The third-order valence-electron chi connectivity index (χ3n) is 3.21. The summed E-state index contributed by atoms with van der Waals surface area (Å²) in [7, 11) is -2.37. The van der Waals surface area contributed by atoms with E-state index in [9.17, 15) is 4.55 Å². The van der Waals surface area contributed by atoms with E-state index in [0.29, 0.717) is 30.1 Å². The van der Waals surface area contributed by atoms with E-state index in [4.69, 9.17) is 18.9 Å². The van der Waals surface area contributed by atoms with Gasteiger partial charge in [0.15, 0.2) is 5.11 Å². The van der Waals surface area contributed by atoms with Gasteiger partial charge in [0.25, 0.3) is 0 Å². The van der Waals surface area contributed by atoms with E-state index < -0.39 is 10.9 Å². The predicted molar refractivity (Wildman–Crippen MR) is 97.0 cm³/mol. The second kappa shape index (κ2) is 10.4. The number of hydrogen-bond donors (Lipinski definition) is 3. The Morgan fingerprint density at radius 3 is 2.70 bits per heavy atom. The highest BCUT2D eigenvalue weighted by atomic mass is 127. The Morgan fingerprint density at radius 2 is 2.10 bits per heavy atom. The number of hydrogen-bond acceptors (Lipinski definition) is 4. The van der Waals surface area contributed by atoms with Gasteiger partial charge in [0.1, 0.15) is 23.0 Å². The smallest absolute Gasteiger partial charge is 0.166 e. The van der Waals surface area contributed by atoms with E-state index in [1.807, 2.05) is 6.92 Å². The molecule has 1 atom stereocenters. The largest absolute Gasteiger partial charge is 0.363 e. The van der Waals surface area contributed by atoms with E-state index in [1.54, 1.807) is 23.0 Å². The van der Waals surface area contributed by atoms with Gasteiger partial charge < -0.3 is 15.2 Å². The average molecular weight is 436 g/mol. The Hall–Kier alpha value is 0.650. The minimum atomic E-state index is -2.37. The second-order valence-corrected chi connectivity index (χ2v) is 8.27. The lowest BCUT2D eigenvalue weighted by Gasteiger charge is -2.29. The Balaban J connectivity index is 2.11. The van der Waals surface area contributed by atoms with Crippen LogP contribution in [0.2, 0.25) is 0 Å². The lowest BCUT2D eigenvalue weighted by atomic mass is 9.96. The zero-order valence-electron chi connectivity index (χ0n) is 11.9. The van der Waals surface area contributed by atoms with E-state index in [0.717, 1.165) is 6.42 Å². The molecule has 5 nitrogen and oxygen atoms in total. The monoisotopic (exact) mass is 436 g/mol. The van der Waals surface area contributed by atoms with E-state index >= 15 is 0 Å². The summed E-state index contributed by atoms with van der Waals surface area (Å²) >= 11 is 6.97.